The average molecular weight is 508 g/mol. The summed E-state index contributed by atoms with van der Waals surface area (Å²) in [6.45, 7) is 4.36. The third kappa shape index (κ3) is 4.46. The molecule has 0 radical (unpaired) electrons. The first kappa shape index (κ1) is 24.0. The smallest absolute Gasteiger partial charge is 0.352 e. The van der Waals surface area contributed by atoms with Gasteiger partial charge in [0.2, 0.25) is 0 Å². The van der Waals surface area contributed by atoms with Crippen molar-refractivity contribution in [1.82, 2.24) is 24.8 Å². The Morgan fingerprint density at radius 3 is 2.53 bits per heavy atom. The molecule has 0 unspecified atom stereocenters. The number of hydrogen-bond acceptors (Lipinski definition) is 3. The highest BCUT2D eigenvalue weighted by molar-refractivity contribution is 7.80. The number of alkyl halides is 3. The summed E-state index contributed by atoms with van der Waals surface area (Å²) in [5, 5.41) is 4.02. The molecule has 184 valence electrons. The largest absolute Gasteiger partial charge is 0.416 e. The number of rotatable bonds is 5. The summed E-state index contributed by atoms with van der Waals surface area (Å²) in [6, 6.07) is 16.6. The SMILES string of the molecule is Cc1cc([C@@H]2[C@@H](c3ccccn3)NC(=S)N2Cc2cccnc2)c(C)n1-c1cccc(C(F)(F)F)c1. The zero-order chi connectivity index (χ0) is 25.4. The first-order chi connectivity index (χ1) is 17.2. The lowest BCUT2D eigenvalue weighted by atomic mass is 9.96. The van der Waals surface area contributed by atoms with E-state index >= 15 is 0 Å². The number of nitrogens with one attached hydrogen (secondary N) is 1. The predicted octanol–water partition coefficient (Wildman–Crippen LogP) is 6.08. The average Bonchev–Trinajstić information content (AvgIpc) is 3.34. The van der Waals surface area contributed by atoms with Crippen LogP contribution in [0.25, 0.3) is 5.69 Å². The number of benzene rings is 1. The molecule has 1 aliphatic rings. The second-order valence-corrected chi connectivity index (χ2v) is 9.21. The molecule has 3 aromatic heterocycles. The van der Waals surface area contributed by atoms with Crippen LogP contribution in [0.5, 0.6) is 0 Å². The normalized spacial score (nSPS) is 17.9. The molecule has 1 saturated heterocycles. The highest BCUT2D eigenvalue weighted by atomic mass is 32.1. The molecular weight excluding hydrogens is 483 g/mol. The molecule has 2 atom stereocenters. The van der Waals surface area contributed by atoms with E-state index in [2.05, 4.69) is 20.2 Å². The molecule has 1 aromatic carbocycles. The molecule has 4 heterocycles. The van der Waals surface area contributed by atoms with Gasteiger partial charge in [-0.25, -0.2) is 0 Å². The molecule has 5 rings (SSSR count). The fraction of sp³-hybridized carbons (Fsp3) is 0.222. The Labute approximate surface area is 212 Å². The van der Waals surface area contributed by atoms with E-state index < -0.39 is 11.7 Å². The van der Waals surface area contributed by atoms with E-state index in [0.29, 0.717) is 17.3 Å². The molecule has 0 saturated carbocycles. The van der Waals surface area contributed by atoms with Crippen molar-refractivity contribution in [3.8, 4) is 5.69 Å². The summed E-state index contributed by atoms with van der Waals surface area (Å²) >= 11 is 5.76. The van der Waals surface area contributed by atoms with Gasteiger partial charge in [0.15, 0.2) is 5.11 Å². The maximum Gasteiger partial charge on any atom is 0.416 e. The second-order valence-electron chi connectivity index (χ2n) is 8.83. The molecule has 1 fully saturated rings. The minimum Gasteiger partial charge on any atom is -0.352 e. The Morgan fingerprint density at radius 2 is 1.83 bits per heavy atom. The number of aryl methyl sites for hydroxylation is 1. The van der Waals surface area contributed by atoms with Crippen molar-refractivity contribution in [3.63, 3.8) is 0 Å². The molecule has 4 aromatic rings. The van der Waals surface area contributed by atoms with Crippen LogP contribution in [0.3, 0.4) is 0 Å². The quantitative estimate of drug-likeness (QED) is 0.332. The number of pyridine rings is 2. The zero-order valence-corrected chi connectivity index (χ0v) is 20.5. The lowest BCUT2D eigenvalue weighted by Gasteiger charge is -2.28. The molecule has 1 aliphatic heterocycles. The van der Waals surface area contributed by atoms with Crippen molar-refractivity contribution in [1.29, 1.82) is 0 Å². The van der Waals surface area contributed by atoms with Gasteiger partial charge in [-0.3, -0.25) is 9.97 Å². The third-order valence-electron chi connectivity index (χ3n) is 6.49. The molecule has 0 amide bonds. The van der Waals surface area contributed by atoms with E-state index in [9.17, 15) is 13.2 Å². The maximum absolute atomic E-state index is 13.4. The van der Waals surface area contributed by atoms with Crippen LogP contribution in [-0.4, -0.2) is 24.5 Å². The van der Waals surface area contributed by atoms with Crippen molar-refractivity contribution in [2.24, 2.45) is 0 Å². The fourth-order valence-electron chi connectivity index (χ4n) is 4.91. The monoisotopic (exact) mass is 507 g/mol. The minimum absolute atomic E-state index is 0.224. The van der Waals surface area contributed by atoms with Gasteiger partial charge in [0, 0.05) is 42.2 Å². The van der Waals surface area contributed by atoms with Gasteiger partial charge < -0.3 is 14.8 Å². The molecular formula is C27H24F3N5S. The van der Waals surface area contributed by atoms with Crippen LogP contribution in [0.4, 0.5) is 13.2 Å². The maximum atomic E-state index is 13.4. The van der Waals surface area contributed by atoms with Crippen molar-refractivity contribution in [2.75, 3.05) is 0 Å². The summed E-state index contributed by atoms with van der Waals surface area (Å²) in [4.78, 5) is 10.9. The molecule has 36 heavy (non-hydrogen) atoms. The van der Waals surface area contributed by atoms with Gasteiger partial charge in [0.1, 0.15) is 0 Å². The summed E-state index contributed by atoms with van der Waals surface area (Å²) in [5.74, 6) is 0. The summed E-state index contributed by atoms with van der Waals surface area (Å²) < 4.78 is 42.1. The van der Waals surface area contributed by atoms with Gasteiger partial charge in [0.25, 0.3) is 0 Å². The number of halogens is 3. The Kier molecular flexibility index (Phi) is 6.26. The van der Waals surface area contributed by atoms with Gasteiger partial charge >= 0.3 is 6.18 Å². The molecule has 0 bridgehead atoms. The molecule has 0 aliphatic carbocycles. The highest BCUT2D eigenvalue weighted by Crippen LogP contribution is 2.42. The van der Waals surface area contributed by atoms with Crippen molar-refractivity contribution >= 4 is 17.3 Å². The minimum atomic E-state index is -4.42. The number of nitrogens with zero attached hydrogens (tertiary/aromatic N) is 4. The topological polar surface area (TPSA) is 46.0 Å². The summed E-state index contributed by atoms with van der Waals surface area (Å²) in [5.41, 5.74) is 4.27. The fourth-order valence-corrected chi connectivity index (χ4v) is 5.21. The van der Waals surface area contributed by atoms with Crippen LogP contribution in [-0.2, 0) is 12.7 Å². The lowest BCUT2D eigenvalue weighted by Crippen LogP contribution is -2.29. The van der Waals surface area contributed by atoms with Gasteiger partial charge in [-0.1, -0.05) is 18.2 Å². The molecule has 9 heteroatoms. The Hall–Kier alpha value is -3.72. The molecule has 1 N–H and O–H groups in total. The van der Waals surface area contributed by atoms with Crippen LogP contribution in [0.2, 0.25) is 0 Å². The van der Waals surface area contributed by atoms with Crippen LogP contribution in [0, 0.1) is 13.8 Å². The molecule has 0 spiro atoms. The van der Waals surface area contributed by atoms with Gasteiger partial charge in [0.05, 0.1) is 23.3 Å². The number of aromatic nitrogens is 3. The Balaban J connectivity index is 1.62. The van der Waals surface area contributed by atoms with Gasteiger partial charge in [-0.2, -0.15) is 13.2 Å². The number of thiocarbonyl (C=S) groups is 1. The van der Waals surface area contributed by atoms with Crippen molar-refractivity contribution in [2.45, 2.75) is 38.7 Å². The van der Waals surface area contributed by atoms with E-state index in [1.807, 2.05) is 54.8 Å². The Bertz CT molecular complexity index is 1390. The first-order valence-corrected chi connectivity index (χ1v) is 11.9. The second kappa shape index (κ2) is 9.39. The lowest BCUT2D eigenvalue weighted by molar-refractivity contribution is -0.137. The van der Waals surface area contributed by atoms with Gasteiger partial charge in [-0.05, 0) is 79.7 Å². The first-order valence-electron chi connectivity index (χ1n) is 11.5. The van der Waals surface area contributed by atoms with E-state index in [1.165, 1.54) is 12.1 Å². The van der Waals surface area contributed by atoms with Crippen LogP contribution >= 0.6 is 12.2 Å². The Morgan fingerprint density at radius 1 is 1.00 bits per heavy atom. The van der Waals surface area contributed by atoms with Crippen molar-refractivity contribution in [3.05, 3.63) is 113 Å². The van der Waals surface area contributed by atoms with Crippen LogP contribution in [0.1, 0.15) is 45.9 Å². The predicted molar refractivity (Wildman–Crippen MR) is 135 cm³/mol. The van der Waals surface area contributed by atoms with E-state index in [-0.39, 0.29) is 12.1 Å². The van der Waals surface area contributed by atoms with E-state index in [1.54, 1.807) is 24.7 Å². The van der Waals surface area contributed by atoms with Gasteiger partial charge in [-0.15, -0.1) is 0 Å². The van der Waals surface area contributed by atoms with Crippen LogP contribution < -0.4 is 5.32 Å². The highest BCUT2D eigenvalue weighted by Gasteiger charge is 2.41. The van der Waals surface area contributed by atoms with E-state index in [4.69, 9.17) is 12.2 Å². The number of hydrogen-bond donors (Lipinski definition) is 1. The van der Waals surface area contributed by atoms with E-state index in [0.717, 1.165) is 34.3 Å². The molecule has 5 nitrogen and oxygen atoms in total. The van der Waals surface area contributed by atoms with Crippen LogP contribution in [0.15, 0.2) is 79.3 Å². The summed E-state index contributed by atoms with van der Waals surface area (Å²) in [7, 11) is 0. The standard InChI is InChI=1S/C27H24F3N5S/c1-17-13-22(18(2)35(17)21-9-5-8-20(14-21)27(28,29)30)25-24(23-10-3-4-12-32-23)33-26(36)34(25)16-19-7-6-11-31-15-19/h3-15,24-25H,16H2,1-2H3,(H,33,36)/t24-,25-/m1/s1. The third-order valence-corrected chi connectivity index (χ3v) is 6.85. The summed E-state index contributed by atoms with van der Waals surface area (Å²) in [6.07, 6.45) is 0.855. The van der Waals surface area contributed by atoms with Crippen molar-refractivity contribution < 1.29 is 13.2 Å². The zero-order valence-electron chi connectivity index (χ0n) is 19.7.